The van der Waals surface area contributed by atoms with E-state index in [0.717, 1.165) is 143 Å². The fraction of sp³-hybridized carbons (Fsp3) is 0.559. The highest BCUT2D eigenvalue weighted by Crippen LogP contribution is 2.31. The number of nitrogens with zero attached hydrogens (tertiary/aromatic N) is 11. The van der Waals surface area contributed by atoms with E-state index in [1.807, 2.05) is 90.0 Å². The molecule has 4 aromatic heterocycles. The monoisotopic (exact) mass is 1110 g/mol. The summed E-state index contributed by atoms with van der Waals surface area (Å²) in [7, 11) is -3.12. The van der Waals surface area contributed by atoms with E-state index in [1.54, 1.807) is 25.8 Å². The molecule has 2 aliphatic carbocycles. The van der Waals surface area contributed by atoms with Crippen LogP contribution in [0.4, 0.5) is 11.9 Å². The van der Waals surface area contributed by atoms with Crippen molar-refractivity contribution < 1.29 is 17.9 Å². The highest BCUT2D eigenvalue weighted by atomic mass is 32.2. The lowest BCUT2D eigenvalue weighted by Crippen LogP contribution is -2.52. The normalized spacial score (nSPS) is 23.3. The summed E-state index contributed by atoms with van der Waals surface area (Å²) >= 11 is 0. The summed E-state index contributed by atoms with van der Waals surface area (Å²) in [5.74, 6) is 1.20. The van der Waals surface area contributed by atoms with Crippen molar-refractivity contribution in [3.05, 3.63) is 118 Å². The van der Waals surface area contributed by atoms with Crippen molar-refractivity contribution in [1.29, 1.82) is 0 Å². The van der Waals surface area contributed by atoms with Crippen molar-refractivity contribution in [2.45, 2.75) is 127 Å². The van der Waals surface area contributed by atoms with Gasteiger partial charge in [0.1, 0.15) is 0 Å². The maximum Gasteiger partial charge on any atom is 0.333 e. The standard InChI is InChI=1S/C30H41N7O4S.C29H39N7O2/c1-22-4-3-5-26(20-22)37-28(21-36(30(37)38)25-11-18-41-19-12-25)27-10-13-31-29(33-27)32-23-6-8-24(9-7-23)34-14-16-35(17-15-34)42(2,39)40;1-21-3-2-4-25(19-21)36-27(20-35(29(36)37)24-10-17-38-18-11-24)26-9-12-31-28(33-26)32-22-5-7-23(8-6-22)34-15-13-30-14-16-34/h3-5,10,13,20-21,23-25H,6-9,11-12,14-19H2,1-2H3,(H,31,32,33);2-4,9,12,19-20,22-24,30H,5-8,10-11,13-18H2,1H3,(H,31,32,33). The third-order valence-corrected chi connectivity index (χ3v) is 18.6. The molecule has 20 nitrogen and oxygen atoms in total. The lowest BCUT2D eigenvalue weighted by atomic mass is 9.90. The SMILES string of the molecule is Cc1cccc(-n2c(-c3ccnc(NC4CCC(N5CCN(S(C)(=O)=O)CC5)CC4)n3)cn(C3CCOCC3)c2=O)c1.Cc1cccc(-n2c(-c3ccnc(NC4CCC(N5CCNCC5)CC4)n3)cn(C3CCOCC3)c2=O)c1. The zero-order chi connectivity index (χ0) is 55.2. The maximum atomic E-state index is 13.8. The minimum atomic E-state index is -3.12. The highest BCUT2D eigenvalue weighted by Gasteiger charge is 2.32. The van der Waals surface area contributed by atoms with E-state index < -0.39 is 10.0 Å². The first-order chi connectivity index (χ1) is 38.9. The Morgan fingerprint density at radius 2 is 0.963 bits per heavy atom. The second-order valence-electron chi connectivity index (χ2n) is 22.8. The zero-order valence-corrected chi connectivity index (χ0v) is 47.6. The highest BCUT2D eigenvalue weighted by molar-refractivity contribution is 7.88. The van der Waals surface area contributed by atoms with E-state index in [0.29, 0.717) is 75.2 Å². The number of nitrogens with one attached hydrogen (secondary N) is 3. The van der Waals surface area contributed by atoms with Gasteiger partial charge in [0.2, 0.25) is 21.9 Å². The van der Waals surface area contributed by atoms with Crippen LogP contribution >= 0.6 is 0 Å². The maximum absolute atomic E-state index is 13.8. The van der Waals surface area contributed by atoms with E-state index in [9.17, 15) is 18.0 Å². The number of ether oxygens (including phenoxy) is 2. The molecule has 4 aliphatic heterocycles. The number of anilines is 2. The van der Waals surface area contributed by atoms with Crippen LogP contribution in [0, 0.1) is 13.8 Å². The van der Waals surface area contributed by atoms with Gasteiger partial charge in [0, 0.05) is 140 Å². The van der Waals surface area contributed by atoms with Gasteiger partial charge in [-0.15, -0.1) is 0 Å². The Bertz CT molecular complexity index is 3260. The van der Waals surface area contributed by atoms with Crippen molar-refractivity contribution in [2.24, 2.45) is 0 Å². The molecule has 6 aromatic rings. The molecule has 3 N–H and O–H groups in total. The Labute approximate surface area is 470 Å². The van der Waals surface area contributed by atoms with Gasteiger partial charge in [-0.25, -0.2) is 37.9 Å². The molecule has 2 saturated carbocycles. The van der Waals surface area contributed by atoms with Gasteiger partial charge in [0.05, 0.1) is 40.4 Å². The smallest absolute Gasteiger partial charge is 0.333 e. The summed E-state index contributed by atoms with van der Waals surface area (Å²) < 4.78 is 43.7. The van der Waals surface area contributed by atoms with E-state index in [2.05, 4.69) is 41.8 Å². The molecule has 6 aliphatic rings. The summed E-state index contributed by atoms with van der Waals surface area (Å²) in [6, 6.07) is 21.9. The first kappa shape index (κ1) is 55.8. The Kier molecular flexibility index (Phi) is 17.7. The van der Waals surface area contributed by atoms with Crippen LogP contribution in [-0.2, 0) is 19.5 Å². The summed E-state index contributed by atoms with van der Waals surface area (Å²) in [5, 5.41) is 10.6. The second kappa shape index (κ2) is 25.4. The quantitative estimate of drug-likeness (QED) is 0.114. The number of hydrogen-bond donors (Lipinski definition) is 3. The summed E-state index contributed by atoms with van der Waals surface area (Å²) in [6.07, 6.45) is 20.8. The molecular formula is C59H80N14O6S. The second-order valence-corrected chi connectivity index (χ2v) is 24.7. The van der Waals surface area contributed by atoms with Crippen LogP contribution in [0.25, 0.3) is 34.2 Å². The van der Waals surface area contributed by atoms with Gasteiger partial charge in [-0.1, -0.05) is 24.3 Å². The fourth-order valence-electron chi connectivity index (χ4n) is 12.9. The lowest BCUT2D eigenvalue weighted by molar-refractivity contribution is 0.0685. The van der Waals surface area contributed by atoms with Crippen LogP contribution in [0.15, 0.2) is 95.0 Å². The number of piperazine rings is 2. The number of aryl methyl sites for hydroxylation is 2. The third kappa shape index (κ3) is 13.1. The Balaban J connectivity index is 0.000000170. The molecule has 21 heteroatoms. The van der Waals surface area contributed by atoms with Gasteiger partial charge >= 0.3 is 11.4 Å². The molecule has 8 heterocycles. The molecule has 0 atom stereocenters. The van der Waals surface area contributed by atoms with Gasteiger partial charge in [-0.2, -0.15) is 4.31 Å². The molecule has 0 amide bonds. The largest absolute Gasteiger partial charge is 0.381 e. The third-order valence-electron chi connectivity index (χ3n) is 17.3. The van der Waals surface area contributed by atoms with Crippen LogP contribution in [0.2, 0.25) is 0 Å². The van der Waals surface area contributed by atoms with E-state index in [4.69, 9.17) is 19.4 Å². The van der Waals surface area contributed by atoms with Crippen LogP contribution in [-0.4, -0.2) is 170 Å². The summed E-state index contributed by atoms with van der Waals surface area (Å²) in [4.78, 5) is 51.5. The van der Waals surface area contributed by atoms with Gasteiger partial charge in [-0.3, -0.25) is 28.1 Å². The topological polar surface area (TPSA) is 204 Å². The molecule has 6 fully saturated rings. The predicted molar refractivity (Wildman–Crippen MR) is 312 cm³/mol. The van der Waals surface area contributed by atoms with E-state index in [-0.39, 0.29) is 29.5 Å². The molecule has 0 spiro atoms. The number of aromatic nitrogens is 8. The van der Waals surface area contributed by atoms with Crippen LogP contribution in [0.1, 0.15) is 100 Å². The zero-order valence-electron chi connectivity index (χ0n) is 46.8. The molecule has 0 bridgehead atoms. The van der Waals surface area contributed by atoms with Gasteiger partial charge in [0.25, 0.3) is 0 Å². The first-order valence-electron chi connectivity index (χ1n) is 29.2. The number of imidazole rings is 2. The minimum absolute atomic E-state index is 0.0307. The van der Waals surface area contributed by atoms with Crippen LogP contribution < -0.4 is 27.3 Å². The average molecular weight is 1110 g/mol. The lowest BCUT2D eigenvalue weighted by Gasteiger charge is -2.41. The molecule has 80 heavy (non-hydrogen) atoms. The van der Waals surface area contributed by atoms with Gasteiger partial charge in [0.15, 0.2) is 0 Å². The summed E-state index contributed by atoms with van der Waals surface area (Å²) in [5.41, 5.74) is 6.78. The molecular weight excluding hydrogens is 1030 g/mol. The predicted octanol–water partition coefficient (Wildman–Crippen LogP) is 6.44. The van der Waals surface area contributed by atoms with Crippen LogP contribution in [0.3, 0.4) is 0 Å². The minimum Gasteiger partial charge on any atom is -0.381 e. The molecule has 2 aromatic carbocycles. The van der Waals surface area contributed by atoms with Gasteiger partial charge in [-0.05, 0) is 138 Å². The van der Waals surface area contributed by atoms with Crippen molar-refractivity contribution in [2.75, 3.05) is 95.7 Å². The van der Waals surface area contributed by atoms with E-state index >= 15 is 0 Å². The van der Waals surface area contributed by atoms with E-state index in [1.165, 1.54) is 19.1 Å². The molecule has 0 radical (unpaired) electrons. The average Bonchev–Trinajstić information content (AvgIpc) is 4.03. The number of hydrogen-bond acceptors (Lipinski definition) is 15. The van der Waals surface area contributed by atoms with Crippen LogP contribution in [0.5, 0.6) is 0 Å². The number of rotatable bonds is 13. The van der Waals surface area contributed by atoms with Crippen molar-refractivity contribution in [3.63, 3.8) is 0 Å². The molecule has 4 saturated heterocycles. The number of sulfonamides is 1. The van der Waals surface area contributed by atoms with Crippen molar-refractivity contribution in [3.8, 4) is 34.2 Å². The van der Waals surface area contributed by atoms with Crippen molar-refractivity contribution in [1.82, 2.24) is 57.6 Å². The summed E-state index contributed by atoms with van der Waals surface area (Å²) in [6.45, 7) is 14.0. The first-order valence-corrected chi connectivity index (χ1v) is 31.1. The number of benzene rings is 2. The Morgan fingerprint density at radius 3 is 1.38 bits per heavy atom. The van der Waals surface area contributed by atoms with Crippen molar-refractivity contribution >= 4 is 21.9 Å². The Hall–Kier alpha value is -6.07. The van der Waals surface area contributed by atoms with Gasteiger partial charge < -0.3 is 25.4 Å². The fourth-order valence-corrected chi connectivity index (χ4v) is 13.7. The molecule has 12 rings (SSSR count). The molecule has 0 unspecified atom stereocenters. The molecule has 428 valence electrons. The Morgan fingerprint density at radius 1 is 0.537 bits per heavy atom.